The van der Waals surface area contributed by atoms with Crippen molar-refractivity contribution >= 4 is 18.3 Å². The van der Waals surface area contributed by atoms with Crippen molar-refractivity contribution in [3.8, 4) is 16.9 Å². The zero-order valence-electron chi connectivity index (χ0n) is 15.9. The minimum atomic E-state index is -1.14. The molecule has 1 saturated heterocycles. The van der Waals surface area contributed by atoms with Crippen LogP contribution in [0.1, 0.15) is 30.6 Å². The maximum Gasteiger partial charge on any atom is 0.252 e. The Morgan fingerprint density at radius 3 is 2.86 bits per heavy atom. The van der Waals surface area contributed by atoms with Crippen molar-refractivity contribution in [3.05, 3.63) is 36.2 Å². The fourth-order valence-corrected chi connectivity index (χ4v) is 3.09. The van der Waals surface area contributed by atoms with E-state index in [-0.39, 0.29) is 30.3 Å². The van der Waals surface area contributed by atoms with E-state index in [1.807, 2.05) is 0 Å². The minimum Gasteiger partial charge on any atom is -0.486 e. The fourth-order valence-electron chi connectivity index (χ4n) is 3.09. The monoisotopic (exact) mass is 412 g/mol. The van der Waals surface area contributed by atoms with Crippen LogP contribution in [0.25, 0.3) is 11.1 Å². The Balaban J connectivity index is 0.00000280. The van der Waals surface area contributed by atoms with Crippen LogP contribution in [0.4, 0.5) is 4.39 Å². The van der Waals surface area contributed by atoms with Crippen molar-refractivity contribution in [3.63, 3.8) is 0 Å². The average molecular weight is 413 g/mol. The van der Waals surface area contributed by atoms with Gasteiger partial charge in [-0.1, -0.05) is 6.07 Å². The standard InChI is InChI=1S/C19H25FN4O3.ClH/c1-19(2,26)11-24-10-13(8-23-24)12-3-4-16(14(7-12)18(21)25)27-17-5-6-22-9-15(17)20;/h3-4,7-8,10,15,17,22,26H,5-6,9,11H2,1-2H3,(H2,21,25);1H/t15-,17-;/m0./s1. The van der Waals surface area contributed by atoms with Gasteiger partial charge in [0.25, 0.3) is 5.91 Å². The number of hydrogen-bond donors (Lipinski definition) is 3. The van der Waals surface area contributed by atoms with E-state index in [1.54, 1.807) is 49.1 Å². The fraction of sp³-hybridized carbons (Fsp3) is 0.474. The molecule has 7 nitrogen and oxygen atoms in total. The number of nitrogens with two attached hydrogens (primary N) is 1. The molecule has 9 heteroatoms. The topological polar surface area (TPSA) is 102 Å². The number of halogens is 2. The van der Waals surface area contributed by atoms with Gasteiger partial charge in [-0.3, -0.25) is 9.48 Å². The summed E-state index contributed by atoms with van der Waals surface area (Å²) < 4.78 is 21.4. The van der Waals surface area contributed by atoms with Crippen molar-refractivity contribution in [2.75, 3.05) is 13.1 Å². The third kappa shape index (κ3) is 5.43. The van der Waals surface area contributed by atoms with Gasteiger partial charge in [0.15, 0.2) is 0 Å². The number of alkyl halides is 1. The second-order valence-corrected chi connectivity index (χ2v) is 7.48. The van der Waals surface area contributed by atoms with Gasteiger partial charge in [-0.15, -0.1) is 12.4 Å². The maximum atomic E-state index is 14.0. The van der Waals surface area contributed by atoms with Crippen LogP contribution >= 0.6 is 12.4 Å². The lowest BCUT2D eigenvalue weighted by molar-refractivity contribution is 0.0577. The highest BCUT2D eigenvalue weighted by Gasteiger charge is 2.27. The molecule has 2 aromatic rings. The molecule has 0 aliphatic carbocycles. The molecule has 0 unspecified atom stereocenters. The number of ether oxygens (including phenoxy) is 1. The Kier molecular flexibility index (Phi) is 7.03. The number of primary amides is 1. The van der Waals surface area contributed by atoms with Gasteiger partial charge in [-0.25, -0.2) is 4.39 Å². The Morgan fingerprint density at radius 2 is 2.21 bits per heavy atom. The average Bonchev–Trinajstić information content (AvgIpc) is 3.03. The smallest absolute Gasteiger partial charge is 0.252 e. The first-order valence-electron chi connectivity index (χ1n) is 8.93. The number of carbonyl (C=O) groups excluding carboxylic acids is 1. The summed E-state index contributed by atoms with van der Waals surface area (Å²) in [6, 6.07) is 5.04. The first-order valence-corrected chi connectivity index (χ1v) is 8.93. The zero-order chi connectivity index (χ0) is 19.6. The van der Waals surface area contributed by atoms with Crippen molar-refractivity contribution in [1.82, 2.24) is 15.1 Å². The number of nitrogens with zero attached hydrogens (tertiary/aromatic N) is 2. The lowest BCUT2D eigenvalue weighted by Gasteiger charge is -2.28. The number of benzene rings is 1. The van der Waals surface area contributed by atoms with Crippen LogP contribution in [-0.2, 0) is 6.54 Å². The summed E-state index contributed by atoms with van der Waals surface area (Å²) >= 11 is 0. The van der Waals surface area contributed by atoms with Gasteiger partial charge in [-0.2, -0.15) is 5.10 Å². The molecule has 2 heterocycles. The van der Waals surface area contributed by atoms with Crippen LogP contribution in [0.15, 0.2) is 30.6 Å². The third-order valence-corrected chi connectivity index (χ3v) is 4.39. The predicted molar refractivity (Wildman–Crippen MR) is 107 cm³/mol. The van der Waals surface area contributed by atoms with Gasteiger partial charge in [0.05, 0.1) is 23.9 Å². The SMILES string of the molecule is CC(C)(O)Cn1cc(-c2ccc(O[C@H]3CCNC[C@@H]3F)c(C(N)=O)c2)cn1.Cl. The third-order valence-electron chi connectivity index (χ3n) is 4.39. The van der Waals surface area contributed by atoms with Crippen LogP contribution in [0.5, 0.6) is 5.75 Å². The molecule has 28 heavy (non-hydrogen) atoms. The highest BCUT2D eigenvalue weighted by atomic mass is 35.5. The van der Waals surface area contributed by atoms with Crippen LogP contribution < -0.4 is 15.8 Å². The summed E-state index contributed by atoms with van der Waals surface area (Å²) in [7, 11) is 0. The summed E-state index contributed by atoms with van der Waals surface area (Å²) in [4.78, 5) is 11.9. The molecule has 154 valence electrons. The summed E-state index contributed by atoms with van der Waals surface area (Å²) in [5.74, 6) is -0.357. The molecule has 0 radical (unpaired) electrons. The van der Waals surface area contributed by atoms with E-state index in [4.69, 9.17) is 10.5 Å². The van der Waals surface area contributed by atoms with E-state index in [0.29, 0.717) is 19.5 Å². The Labute approximate surface area is 169 Å². The molecule has 0 bridgehead atoms. The molecule has 0 spiro atoms. The maximum absolute atomic E-state index is 14.0. The van der Waals surface area contributed by atoms with Gasteiger partial charge in [0.1, 0.15) is 18.0 Å². The van der Waals surface area contributed by atoms with E-state index in [0.717, 1.165) is 11.1 Å². The molecule has 1 fully saturated rings. The number of rotatable bonds is 6. The van der Waals surface area contributed by atoms with E-state index in [9.17, 15) is 14.3 Å². The van der Waals surface area contributed by atoms with Crippen molar-refractivity contribution < 1.29 is 19.0 Å². The largest absolute Gasteiger partial charge is 0.486 e. The Bertz CT molecular complexity index is 822. The predicted octanol–water partition coefficient (Wildman–Crippen LogP) is 1.92. The van der Waals surface area contributed by atoms with E-state index < -0.39 is 23.8 Å². The lowest BCUT2D eigenvalue weighted by Crippen LogP contribution is -2.44. The number of piperidine rings is 1. The van der Waals surface area contributed by atoms with E-state index in [1.165, 1.54) is 0 Å². The van der Waals surface area contributed by atoms with Gasteiger partial charge in [0.2, 0.25) is 0 Å². The molecule has 1 aliphatic rings. The first-order chi connectivity index (χ1) is 12.7. The summed E-state index contributed by atoms with van der Waals surface area (Å²) in [5.41, 5.74) is 6.33. The van der Waals surface area contributed by atoms with Gasteiger partial charge in [-0.05, 0) is 44.5 Å². The normalized spacial score (nSPS) is 19.7. The van der Waals surface area contributed by atoms with Crippen molar-refractivity contribution in [2.24, 2.45) is 5.73 Å². The van der Waals surface area contributed by atoms with Crippen molar-refractivity contribution in [2.45, 2.75) is 44.7 Å². The van der Waals surface area contributed by atoms with Gasteiger partial charge < -0.3 is 20.9 Å². The summed E-state index contributed by atoms with van der Waals surface area (Å²) in [5, 5.41) is 17.1. The lowest BCUT2D eigenvalue weighted by atomic mass is 10.0. The zero-order valence-corrected chi connectivity index (χ0v) is 16.7. The minimum absolute atomic E-state index is 0. The quantitative estimate of drug-likeness (QED) is 0.672. The highest BCUT2D eigenvalue weighted by molar-refractivity contribution is 5.97. The molecule has 1 aromatic heterocycles. The number of aliphatic hydroxyl groups is 1. The summed E-state index contributed by atoms with van der Waals surface area (Å²) in [6.45, 7) is 4.63. The number of carbonyl (C=O) groups is 1. The van der Waals surface area contributed by atoms with Crippen molar-refractivity contribution in [1.29, 1.82) is 0 Å². The number of nitrogens with one attached hydrogen (secondary N) is 1. The molecule has 1 aliphatic heterocycles. The molecule has 4 N–H and O–H groups in total. The van der Waals surface area contributed by atoms with Crippen LogP contribution in [0.2, 0.25) is 0 Å². The van der Waals surface area contributed by atoms with Crippen LogP contribution in [0.3, 0.4) is 0 Å². The second-order valence-electron chi connectivity index (χ2n) is 7.48. The molecular weight excluding hydrogens is 387 g/mol. The Morgan fingerprint density at radius 1 is 1.46 bits per heavy atom. The molecule has 3 rings (SSSR count). The van der Waals surface area contributed by atoms with Crippen LogP contribution in [-0.4, -0.2) is 51.8 Å². The molecule has 0 saturated carbocycles. The Hall–Kier alpha value is -2.16. The molecular formula is C19H26ClFN4O3. The van der Waals surface area contributed by atoms with E-state index in [2.05, 4.69) is 10.4 Å². The number of aromatic nitrogens is 2. The molecule has 1 amide bonds. The summed E-state index contributed by atoms with van der Waals surface area (Å²) in [6.07, 6.45) is 2.20. The molecule has 2 atom stereocenters. The van der Waals surface area contributed by atoms with Crippen LogP contribution in [0, 0.1) is 0 Å². The van der Waals surface area contributed by atoms with E-state index >= 15 is 0 Å². The van der Waals surface area contributed by atoms with Gasteiger partial charge in [0, 0.05) is 18.3 Å². The number of hydrogen-bond acceptors (Lipinski definition) is 5. The number of amides is 1. The second kappa shape index (κ2) is 8.89. The first kappa shape index (κ1) is 22.1. The van der Waals surface area contributed by atoms with Gasteiger partial charge >= 0.3 is 0 Å². The molecule has 1 aromatic carbocycles. The highest BCUT2D eigenvalue weighted by Crippen LogP contribution is 2.29.